The van der Waals surface area contributed by atoms with Crippen molar-refractivity contribution in [1.29, 1.82) is 5.26 Å². The lowest BCUT2D eigenvalue weighted by Gasteiger charge is -2.09. The van der Waals surface area contributed by atoms with Gasteiger partial charge in [0.15, 0.2) is 0 Å². The predicted octanol–water partition coefficient (Wildman–Crippen LogP) is 5.14. The molecule has 126 valence electrons. The Balaban J connectivity index is 1.52. The van der Waals surface area contributed by atoms with Crippen LogP contribution in [0.3, 0.4) is 0 Å². The summed E-state index contributed by atoms with van der Waals surface area (Å²) >= 11 is 0. The molecule has 26 heavy (non-hydrogen) atoms. The monoisotopic (exact) mass is 338 g/mol. The summed E-state index contributed by atoms with van der Waals surface area (Å²) in [4.78, 5) is 0. The van der Waals surface area contributed by atoms with Gasteiger partial charge < -0.3 is 9.30 Å². The molecule has 0 aliphatic heterocycles. The first-order valence-corrected chi connectivity index (χ1v) is 8.56. The molecule has 0 N–H and O–H groups in total. The van der Waals surface area contributed by atoms with Gasteiger partial charge in [-0.05, 0) is 47.5 Å². The summed E-state index contributed by atoms with van der Waals surface area (Å²) < 4.78 is 8.10. The number of nitrogens with zero attached hydrogens (tertiary/aromatic N) is 2. The number of fused-ring (bicyclic) bond motifs is 1. The molecule has 1 heterocycles. The molecule has 3 aromatic carbocycles. The smallest absolute Gasteiger partial charge is 0.120 e. The Morgan fingerprint density at radius 3 is 2.54 bits per heavy atom. The van der Waals surface area contributed by atoms with Gasteiger partial charge in [0, 0.05) is 23.6 Å². The van der Waals surface area contributed by atoms with Gasteiger partial charge in [0.1, 0.15) is 12.4 Å². The molecular formula is C23H18N2O. The van der Waals surface area contributed by atoms with Crippen molar-refractivity contribution in [3.8, 4) is 11.8 Å². The van der Waals surface area contributed by atoms with Crippen LogP contribution in [0, 0.1) is 11.3 Å². The maximum absolute atomic E-state index is 9.05. The number of aromatic nitrogens is 1. The minimum atomic E-state index is 0.563. The SMILES string of the molecule is N#Cc1cccc(Cn2ccc3cc(OCc4ccccc4)ccc32)c1. The average molecular weight is 338 g/mol. The maximum atomic E-state index is 9.05. The maximum Gasteiger partial charge on any atom is 0.120 e. The third-order valence-corrected chi connectivity index (χ3v) is 4.40. The molecule has 0 spiro atoms. The molecule has 0 aliphatic carbocycles. The van der Waals surface area contributed by atoms with Crippen molar-refractivity contribution in [2.75, 3.05) is 0 Å². The van der Waals surface area contributed by atoms with Crippen molar-refractivity contribution in [1.82, 2.24) is 4.57 Å². The first-order chi connectivity index (χ1) is 12.8. The second-order valence-corrected chi connectivity index (χ2v) is 6.25. The normalized spacial score (nSPS) is 10.6. The van der Waals surface area contributed by atoms with Crippen LogP contribution in [0.25, 0.3) is 10.9 Å². The van der Waals surface area contributed by atoms with E-state index in [0.29, 0.717) is 12.2 Å². The van der Waals surface area contributed by atoms with E-state index >= 15 is 0 Å². The fraction of sp³-hybridized carbons (Fsp3) is 0.0870. The largest absolute Gasteiger partial charge is 0.489 e. The van der Waals surface area contributed by atoms with Crippen molar-refractivity contribution < 1.29 is 4.74 Å². The zero-order valence-corrected chi connectivity index (χ0v) is 14.3. The average Bonchev–Trinajstić information content (AvgIpc) is 3.09. The van der Waals surface area contributed by atoms with Crippen LogP contribution in [0.15, 0.2) is 85.1 Å². The molecule has 0 amide bonds. The third kappa shape index (κ3) is 3.45. The first kappa shape index (κ1) is 16.0. The van der Waals surface area contributed by atoms with Gasteiger partial charge in [-0.25, -0.2) is 0 Å². The van der Waals surface area contributed by atoms with Crippen molar-refractivity contribution in [2.45, 2.75) is 13.2 Å². The summed E-state index contributed by atoms with van der Waals surface area (Å²) in [6.45, 7) is 1.30. The van der Waals surface area contributed by atoms with Crippen LogP contribution in [0.2, 0.25) is 0 Å². The molecule has 0 fully saturated rings. The number of rotatable bonds is 5. The fourth-order valence-electron chi connectivity index (χ4n) is 3.08. The zero-order chi connectivity index (χ0) is 17.8. The summed E-state index contributed by atoms with van der Waals surface area (Å²) in [5.41, 5.74) is 4.11. The van der Waals surface area contributed by atoms with Crippen molar-refractivity contribution in [2.24, 2.45) is 0 Å². The third-order valence-electron chi connectivity index (χ3n) is 4.40. The van der Waals surface area contributed by atoms with Crippen molar-refractivity contribution in [3.05, 3.63) is 102 Å². The van der Waals surface area contributed by atoms with Crippen LogP contribution in [0.5, 0.6) is 5.75 Å². The minimum Gasteiger partial charge on any atom is -0.489 e. The summed E-state index contributed by atoms with van der Waals surface area (Å²) in [7, 11) is 0. The van der Waals surface area contributed by atoms with Crippen LogP contribution in [-0.2, 0) is 13.2 Å². The second kappa shape index (κ2) is 7.16. The topological polar surface area (TPSA) is 38.0 Å². The van der Waals surface area contributed by atoms with Gasteiger partial charge in [-0.15, -0.1) is 0 Å². The van der Waals surface area contributed by atoms with Crippen molar-refractivity contribution in [3.63, 3.8) is 0 Å². The molecule has 0 saturated heterocycles. The van der Waals surface area contributed by atoms with Crippen LogP contribution in [0.1, 0.15) is 16.7 Å². The van der Waals surface area contributed by atoms with E-state index in [2.05, 4.69) is 47.2 Å². The highest BCUT2D eigenvalue weighted by atomic mass is 16.5. The van der Waals surface area contributed by atoms with E-state index in [0.717, 1.165) is 34.3 Å². The Kier molecular flexibility index (Phi) is 4.40. The quantitative estimate of drug-likeness (QED) is 0.505. The Labute approximate surface area is 152 Å². The number of hydrogen-bond donors (Lipinski definition) is 0. The molecule has 0 unspecified atom stereocenters. The lowest BCUT2D eigenvalue weighted by atomic mass is 10.1. The molecule has 4 rings (SSSR count). The zero-order valence-electron chi connectivity index (χ0n) is 14.3. The predicted molar refractivity (Wildman–Crippen MR) is 103 cm³/mol. The Bertz CT molecular complexity index is 1070. The van der Waals surface area contributed by atoms with E-state index in [-0.39, 0.29) is 0 Å². The van der Waals surface area contributed by atoms with Gasteiger partial charge in [0.05, 0.1) is 11.6 Å². The van der Waals surface area contributed by atoms with E-state index in [1.165, 1.54) is 0 Å². The highest BCUT2D eigenvalue weighted by molar-refractivity contribution is 5.81. The molecule has 1 aromatic heterocycles. The number of benzene rings is 3. The van der Waals surface area contributed by atoms with Gasteiger partial charge >= 0.3 is 0 Å². The molecule has 0 radical (unpaired) electrons. The molecule has 4 aromatic rings. The Morgan fingerprint density at radius 2 is 1.69 bits per heavy atom. The Morgan fingerprint density at radius 1 is 0.846 bits per heavy atom. The standard InChI is InChI=1S/C23H18N2O/c24-15-19-7-4-8-20(13-19)16-25-12-11-21-14-22(9-10-23(21)25)26-17-18-5-2-1-3-6-18/h1-14H,16-17H2. The molecule has 0 aliphatic rings. The van der Waals surface area contributed by atoms with Gasteiger partial charge in [0.25, 0.3) is 0 Å². The highest BCUT2D eigenvalue weighted by Gasteiger charge is 2.05. The number of ether oxygens (including phenoxy) is 1. The van der Waals surface area contributed by atoms with E-state index < -0.39 is 0 Å². The van der Waals surface area contributed by atoms with Gasteiger partial charge in [-0.3, -0.25) is 0 Å². The first-order valence-electron chi connectivity index (χ1n) is 8.56. The van der Waals surface area contributed by atoms with Gasteiger partial charge in [0.2, 0.25) is 0 Å². The molecule has 0 saturated carbocycles. The number of nitriles is 1. The molecular weight excluding hydrogens is 320 g/mol. The van der Waals surface area contributed by atoms with Crippen LogP contribution in [-0.4, -0.2) is 4.57 Å². The molecule has 0 bridgehead atoms. The second-order valence-electron chi connectivity index (χ2n) is 6.25. The van der Waals surface area contributed by atoms with E-state index in [9.17, 15) is 0 Å². The lowest BCUT2D eigenvalue weighted by molar-refractivity contribution is 0.306. The van der Waals surface area contributed by atoms with Gasteiger partial charge in [-0.2, -0.15) is 5.26 Å². The highest BCUT2D eigenvalue weighted by Crippen LogP contribution is 2.23. The van der Waals surface area contributed by atoms with E-state index in [4.69, 9.17) is 10.00 Å². The molecule has 3 heteroatoms. The summed E-state index contributed by atoms with van der Waals surface area (Å²) in [6, 6.07) is 28.3. The van der Waals surface area contributed by atoms with Gasteiger partial charge in [-0.1, -0.05) is 42.5 Å². The summed E-state index contributed by atoms with van der Waals surface area (Å²) in [6.07, 6.45) is 2.07. The van der Waals surface area contributed by atoms with E-state index in [1.54, 1.807) is 0 Å². The summed E-state index contributed by atoms with van der Waals surface area (Å²) in [5.74, 6) is 0.866. The molecule has 3 nitrogen and oxygen atoms in total. The minimum absolute atomic E-state index is 0.563. The van der Waals surface area contributed by atoms with Crippen molar-refractivity contribution >= 4 is 10.9 Å². The number of hydrogen-bond acceptors (Lipinski definition) is 2. The Hall–Kier alpha value is -3.51. The fourth-order valence-corrected chi connectivity index (χ4v) is 3.08. The van der Waals surface area contributed by atoms with E-state index in [1.807, 2.05) is 48.5 Å². The van der Waals surface area contributed by atoms with Crippen LogP contribution >= 0.6 is 0 Å². The summed E-state index contributed by atoms with van der Waals surface area (Å²) in [5, 5.41) is 10.2. The van der Waals surface area contributed by atoms with Crippen LogP contribution < -0.4 is 4.74 Å². The lowest BCUT2D eigenvalue weighted by Crippen LogP contribution is -1.98. The van der Waals surface area contributed by atoms with Crippen LogP contribution in [0.4, 0.5) is 0 Å². The molecule has 0 atom stereocenters.